The molecular weight excluding hydrogens is 204 g/mol. The van der Waals surface area contributed by atoms with Crippen molar-refractivity contribution < 1.29 is 4.79 Å². The van der Waals surface area contributed by atoms with Crippen molar-refractivity contribution in [1.29, 1.82) is 0 Å². The highest BCUT2D eigenvalue weighted by Crippen LogP contribution is 2.33. The second-order valence-corrected chi connectivity index (χ2v) is 4.25. The van der Waals surface area contributed by atoms with Crippen molar-refractivity contribution in [2.75, 3.05) is 0 Å². The highest BCUT2D eigenvalue weighted by Gasteiger charge is 2.23. The summed E-state index contributed by atoms with van der Waals surface area (Å²) in [4.78, 5) is 10.7. The van der Waals surface area contributed by atoms with Gasteiger partial charge in [0.25, 0.3) is 0 Å². The maximum Gasteiger partial charge on any atom is 0.124 e. The molecule has 0 aromatic heterocycles. The van der Waals surface area contributed by atoms with Crippen LogP contribution in [0.4, 0.5) is 0 Å². The van der Waals surface area contributed by atoms with Gasteiger partial charge >= 0.3 is 0 Å². The second kappa shape index (κ2) is 4.08. The molecule has 2 atom stereocenters. The van der Waals surface area contributed by atoms with Crippen molar-refractivity contribution in [1.82, 2.24) is 0 Å². The molecule has 0 spiro atoms. The van der Waals surface area contributed by atoms with E-state index in [1.54, 1.807) is 0 Å². The van der Waals surface area contributed by atoms with Gasteiger partial charge in [0.1, 0.15) is 5.94 Å². The third-order valence-corrected chi connectivity index (χ3v) is 3.38. The first kappa shape index (κ1) is 9.02. The predicted molar refractivity (Wildman–Crippen MR) is 49.6 cm³/mol. The Morgan fingerprint density at radius 3 is 2.91 bits per heavy atom. The fourth-order valence-corrected chi connectivity index (χ4v) is 2.41. The van der Waals surface area contributed by atoms with Gasteiger partial charge in [0.2, 0.25) is 0 Å². The van der Waals surface area contributed by atoms with E-state index in [-0.39, 0.29) is 0 Å². The summed E-state index contributed by atoms with van der Waals surface area (Å²) in [7, 11) is 0. The monoisotopic (exact) mass is 216 g/mol. The van der Waals surface area contributed by atoms with Crippen LogP contribution in [0.25, 0.3) is 0 Å². The molecule has 1 nitrogen and oxygen atoms in total. The second-order valence-electron chi connectivity index (χ2n) is 3.14. The van der Waals surface area contributed by atoms with E-state index in [1.807, 2.05) is 5.94 Å². The molecule has 1 aliphatic carbocycles. The van der Waals surface area contributed by atoms with Crippen LogP contribution in [0.3, 0.4) is 0 Å². The highest BCUT2D eigenvalue weighted by molar-refractivity contribution is 9.09. The summed E-state index contributed by atoms with van der Waals surface area (Å²) in [5.41, 5.74) is 0.926. The number of alkyl halides is 1. The third-order valence-electron chi connectivity index (χ3n) is 2.45. The van der Waals surface area contributed by atoms with E-state index in [1.165, 1.54) is 12.8 Å². The molecule has 1 aliphatic rings. The van der Waals surface area contributed by atoms with Gasteiger partial charge in [-0.1, -0.05) is 29.3 Å². The summed E-state index contributed by atoms with van der Waals surface area (Å²) < 4.78 is 0. The van der Waals surface area contributed by atoms with Gasteiger partial charge in [0.05, 0.1) is 0 Å². The molecule has 0 saturated heterocycles. The van der Waals surface area contributed by atoms with E-state index in [2.05, 4.69) is 22.9 Å². The van der Waals surface area contributed by atoms with Crippen molar-refractivity contribution in [2.24, 2.45) is 5.92 Å². The maximum absolute atomic E-state index is 10.4. The van der Waals surface area contributed by atoms with Crippen molar-refractivity contribution in [3.8, 4) is 0 Å². The zero-order valence-corrected chi connectivity index (χ0v) is 8.36. The smallest absolute Gasteiger partial charge is 0.124 e. The number of rotatable bonds is 1. The molecule has 2 unspecified atom stereocenters. The normalized spacial score (nSPS) is 31.6. The molecule has 1 rings (SSSR count). The molecule has 2 heteroatoms. The molecule has 0 bridgehead atoms. The molecule has 0 aliphatic heterocycles. The van der Waals surface area contributed by atoms with Crippen molar-refractivity contribution >= 4 is 21.9 Å². The van der Waals surface area contributed by atoms with Crippen molar-refractivity contribution in [3.05, 3.63) is 5.57 Å². The summed E-state index contributed by atoms with van der Waals surface area (Å²) >= 11 is 3.50. The largest absolute Gasteiger partial charge is 0.234 e. The minimum absolute atomic E-state index is 0.304. The summed E-state index contributed by atoms with van der Waals surface area (Å²) in [6.45, 7) is 2.21. The fourth-order valence-electron chi connectivity index (χ4n) is 1.55. The van der Waals surface area contributed by atoms with Crippen LogP contribution in [0.2, 0.25) is 0 Å². The number of allylic oxidation sites excluding steroid dienone is 1. The number of hydrogen-bond donors (Lipinski definition) is 0. The van der Waals surface area contributed by atoms with E-state index in [4.69, 9.17) is 0 Å². The van der Waals surface area contributed by atoms with Gasteiger partial charge < -0.3 is 0 Å². The Bertz CT molecular complexity index is 182. The number of hydrogen-bond acceptors (Lipinski definition) is 1. The molecule has 0 aromatic rings. The van der Waals surface area contributed by atoms with Gasteiger partial charge in [-0.3, -0.25) is 0 Å². The van der Waals surface area contributed by atoms with Gasteiger partial charge in [-0.05, 0) is 25.2 Å². The third kappa shape index (κ3) is 2.18. The van der Waals surface area contributed by atoms with Crippen LogP contribution in [-0.2, 0) is 4.79 Å². The van der Waals surface area contributed by atoms with Gasteiger partial charge in [0.15, 0.2) is 0 Å². The van der Waals surface area contributed by atoms with Gasteiger partial charge in [-0.2, -0.15) is 0 Å². The minimum Gasteiger partial charge on any atom is -0.234 e. The average Bonchev–Trinajstić information content (AvgIpc) is 2.04. The Morgan fingerprint density at radius 1 is 1.73 bits per heavy atom. The SMILES string of the molecule is CCC1CCC(=C=O)C(Br)C1. The Hall–Kier alpha value is -0.0700. The predicted octanol–water partition coefficient (Wildman–Crippen LogP) is 2.72. The van der Waals surface area contributed by atoms with Crippen LogP contribution < -0.4 is 0 Å². The lowest BCUT2D eigenvalue weighted by molar-refractivity contribution is 0.406. The molecule has 0 aromatic carbocycles. The molecule has 1 fully saturated rings. The van der Waals surface area contributed by atoms with E-state index >= 15 is 0 Å². The quantitative estimate of drug-likeness (QED) is 0.487. The lowest BCUT2D eigenvalue weighted by atomic mass is 9.85. The van der Waals surface area contributed by atoms with Crippen LogP contribution >= 0.6 is 15.9 Å². The maximum atomic E-state index is 10.4. The molecule has 1 saturated carbocycles. The first-order valence-electron chi connectivity index (χ1n) is 4.15. The molecule has 0 heterocycles. The fraction of sp³-hybridized carbons (Fsp3) is 0.778. The highest BCUT2D eigenvalue weighted by atomic mass is 79.9. The lowest BCUT2D eigenvalue weighted by Gasteiger charge is -2.24. The Kier molecular flexibility index (Phi) is 3.35. The molecular formula is C9H13BrO. The summed E-state index contributed by atoms with van der Waals surface area (Å²) in [6.07, 6.45) is 4.45. The summed E-state index contributed by atoms with van der Waals surface area (Å²) in [5, 5.41) is 0. The van der Waals surface area contributed by atoms with Gasteiger partial charge in [-0.25, -0.2) is 4.79 Å². The number of halogens is 1. The molecule has 0 N–H and O–H groups in total. The Balaban J connectivity index is 2.54. The zero-order valence-electron chi connectivity index (χ0n) is 6.77. The van der Waals surface area contributed by atoms with Crippen molar-refractivity contribution in [2.45, 2.75) is 37.4 Å². The summed E-state index contributed by atoms with van der Waals surface area (Å²) in [5.74, 6) is 2.82. The average molecular weight is 217 g/mol. The molecule has 0 radical (unpaired) electrons. The molecule has 0 amide bonds. The first-order valence-corrected chi connectivity index (χ1v) is 5.07. The zero-order chi connectivity index (χ0) is 8.27. The van der Waals surface area contributed by atoms with Gasteiger partial charge in [0, 0.05) is 10.4 Å². The Morgan fingerprint density at radius 2 is 2.45 bits per heavy atom. The topological polar surface area (TPSA) is 17.1 Å². The van der Waals surface area contributed by atoms with Crippen LogP contribution in [-0.4, -0.2) is 10.8 Å². The van der Waals surface area contributed by atoms with Crippen LogP contribution in [0.1, 0.15) is 32.6 Å². The van der Waals surface area contributed by atoms with E-state index in [0.717, 1.165) is 24.3 Å². The van der Waals surface area contributed by atoms with E-state index in [9.17, 15) is 4.79 Å². The summed E-state index contributed by atoms with van der Waals surface area (Å²) in [6, 6.07) is 0. The minimum atomic E-state index is 0.304. The first-order chi connectivity index (χ1) is 5.27. The van der Waals surface area contributed by atoms with E-state index in [0.29, 0.717) is 4.83 Å². The van der Waals surface area contributed by atoms with Crippen LogP contribution in [0, 0.1) is 5.92 Å². The van der Waals surface area contributed by atoms with E-state index < -0.39 is 0 Å². The number of carbonyl (C=O) groups excluding carboxylic acids is 1. The molecule has 62 valence electrons. The van der Waals surface area contributed by atoms with Crippen LogP contribution in [0.5, 0.6) is 0 Å². The Labute approximate surface area is 76.0 Å². The lowest BCUT2D eigenvalue weighted by Crippen LogP contribution is -2.17. The molecule has 11 heavy (non-hydrogen) atoms. The standard InChI is InChI=1S/C9H13BrO/c1-2-7-3-4-8(6-11)9(10)5-7/h7,9H,2-5H2,1H3. The van der Waals surface area contributed by atoms with Crippen molar-refractivity contribution in [3.63, 3.8) is 0 Å². The van der Waals surface area contributed by atoms with Crippen LogP contribution in [0.15, 0.2) is 5.57 Å². The van der Waals surface area contributed by atoms with Gasteiger partial charge in [-0.15, -0.1) is 0 Å².